The molecule has 0 amide bonds. The Bertz CT molecular complexity index is 357. The first-order chi connectivity index (χ1) is 8.08. The lowest BCUT2D eigenvalue weighted by atomic mass is 9.97. The van der Waals surface area contributed by atoms with Crippen LogP contribution in [0.15, 0.2) is 18.2 Å². The van der Waals surface area contributed by atoms with E-state index in [1.165, 1.54) is 0 Å². The summed E-state index contributed by atoms with van der Waals surface area (Å²) in [4.78, 5) is 0. The maximum Gasteiger partial charge on any atom is 0.137 e. The number of methoxy groups -OCH3 is 2. The molecule has 0 saturated heterocycles. The van der Waals surface area contributed by atoms with Crippen molar-refractivity contribution < 1.29 is 9.47 Å². The molecule has 96 valence electrons. The molecular weight excluding hydrogens is 238 g/mol. The summed E-state index contributed by atoms with van der Waals surface area (Å²) in [7, 11) is 3.30. The minimum Gasteiger partial charge on any atom is -0.495 e. The van der Waals surface area contributed by atoms with E-state index in [1.807, 2.05) is 18.2 Å². The summed E-state index contributed by atoms with van der Waals surface area (Å²) in [6, 6.07) is 5.63. The van der Waals surface area contributed by atoms with Gasteiger partial charge in [0.25, 0.3) is 0 Å². The fourth-order valence-corrected chi connectivity index (χ4v) is 2.02. The zero-order chi connectivity index (χ0) is 12.8. The lowest BCUT2D eigenvalue weighted by Gasteiger charge is -2.17. The number of nitrogens with two attached hydrogens (primary N) is 1. The van der Waals surface area contributed by atoms with Gasteiger partial charge in [-0.1, -0.05) is 24.6 Å². The second-order valence-electron chi connectivity index (χ2n) is 4.30. The van der Waals surface area contributed by atoms with Crippen LogP contribution < -0.4 is 10.5 Å². The molecule has 0 aliphatic heterocycles. The highest BCUT2D eigenvalue weighted by molar-refractivity contribution is 6.32. The zero-order valence-corrected chi connectivity index (χ0v) is 11.3. The topological polar surface area (TPSA) is 44.5 Å². The Balaban J connectivity index is 2.71. The normalized spacial score (nSPS) is 14.4. The van der Waals surface area contributed by atoms with Crippen LogP contribution in [0.4, 0.5) is 0 Å². The van der Waals surface area contributed by atoms with Crippen molar-refractivity contribution in [3.8, 4) is 5.75 Å². The third-order valence-electron chi connectivity index (χ3n) is 2.71. The monoisotopic (exact) mass is 257 g/mol. The summed E-state index contributed by atoms with van der Waals surface area (Å²) in [6.07, 6.45) is 0.874. The highest BCUT2D eigenvalue weighted by Gasteiger charge is 2.13. The lowest BCUT2D eigenvalue weighted by molar-refractivity contribution is 0.152. The van der Waals surface area contributed by atoms with Crippen molar-refractivity contribution >= 4 is 11.6 Å². The van der Waals surface area contributed by atoms with Crippen LogP contribution in [0, 0.1) is 5.92 Å². The molecule has 0 aliphatic carbocycles. The largest absolute Gasteiger partial charge is 0.495 e. The molecule has 0 aliphatic rings. The quantitative estimate of drug-likeness (QED) is 0.852. The molecule has 0 saturated carbocycles. The summed E-state index contributed by atoms with van der Waals surface area (Å²) >= 11 is 5.97. The molecule has 17 heavy (non-hydrogen) atoms. The standard InChI is InChI=1S/C13H20ClNO2/c1-9(8-16-2)6-12(15)10-4-5-11(14)13(7-10)17-3/h4-5,7,9,12H,6,8,15H2,1-3H3. The van der Waals surface area contributed by atoms with Crippen LogP contribution in [0.2, 0.25) is 5.02 Å². The van der Waals surface area contributed by atoms with Crippen LogP contribution in [0.3, 0.4) is 0 Å². The van der Waals surface area contributed by atoms with Crippen molar-refractivity contribution in [1.82, 2.24) is 0 Å². The first kappa shape index (κ1) is 14.3. The Morgan fingerprint density at radius 2 is 2.06 bits per heavy atom. The minimum atomic E-state index is -0.0219. The predicted molar refractivity (Wildman–Crippen MR) is 70.6 cm³/mol. The second kappa shape index (κ2) is 6.84. The molecule has 0 heterocycles. The van der Waals surface area contributed by atoms with Gasteiger partial charge in [-0.15, -0.1) is 0 Å². The first-order valence-electron chi connectivity index (χ1n) is 5.66. The predicted octanol–water partition coefficient (Wildman–Crippen LogP) is 3.02. The van der Waals surface area contributed by atoms with Gasteiger partial charge in [-0.3, -0.25) is 0 Å². The van der Waals surface area contributed by atoms with Gasteiger partial charge in [0.1, 0.15) is 5.75 Å². The summed E-state index contributed by atoms with van der Waals surface area (Å²) < 4.78 is 10.3. The molecule has 0 fully saturated rings. The van der Waals surface area contributed by atoms with Crippen LogP contribution in [-0.2, 0) is 4.74 Å². The Kier molecular flexibility index (Phi) is 5.75. The van der Waals surface area contributed by atoms with Gasteiger partial charge in [0.05, 0.1) is 12.1 Å². The zero-order valence-electron chi connectivity index (χ0n) is 10.6. The van der Waals surface area contributed by atoms with E-state index in [-0.39, 0.29) is 6.04 Å². The molecule has 2 unspecified atom stereocenters. The van der Waals surface area contributed by atoms with Gasteiger partial charge < -0.3 is 15.2 Å². The molecule has 2 atom stereocenters. The molecule has 3 nitrogen and oxygen atoms in total. The summed E-state index contributed by atoms with van der Waals surface area (Å²) in [5.74, 6) is 1.09. The fraction of sp³-hybridized carbons (Fsp3) is 0.538. The van der Waals surface area contributed by atoms with Crippen molar-refractivity contribution in [2.45, 2.75) is 19.4 Å². The number of benzene rings is 1. The molecule has 0 bridgehead atoms. The van der Waals surface area contributed by atoms with Gasteiger partial charge in [0, 0.05) is 19.8 Å². The number of halogens is 1. The van der Waals surface area contributed by atoms with Crippen molar-refractivity contribution in [1.29, 1.82) is 0 Å². The van der Waals surface area contributed by atoms with E-state index < -0.39 is 0 Å². The Morgan fingerprint density at radius 1 is 1.35 bits per heavy atom. The molecule has 4 heteroatoms. The second-order valence-corrected chi connectivity index (χ2v) is 4.70. The molecule has 2 N–H and O–H groups in total. The van der Waals surface area contributed by atoms with E-state index >= 15 is 0 Å². The number of ether oxygens (including phenoxy) is 2. The highest BCUT2D eigenvalue weighted by atomic mass is 35.5. The molecule has 1 aromatic carbocycles. The van der Waals surface area contributed by atoms with Gasteiger partial charge >= 0.3 is 0 Å². The van der Waals surface area contributed by atoms with Gasteiger partial charge in [-0.2, -0.15) is 0 Å². The molecule has 0 aromatic heterocycles. The minimum absolute atomic E-state index is 0.0219. The first-order valence-corrected chi connectivity index (χ1v) is 6.04. The third-order valence-corrected chi connectivity index (χ3v) is 3.02. The van der Waals surface area contributed by atoms with Crippen molar-refractivity contribution in [3.63, 3.8) is 0 Å². The van der Waals surface area contributed by atoms with Crippen LogP contribution in [0.5, 0.6) is 5.75 Å². The van der Waals surface area contributed by atoms with Crippen LogP contribution in [-0.4, -0.2) is 20.8 Å². The summed E-state index contributed by atoms with van der Waals surface area (Å²) in [5, 5.41) is 0.605. The Morgan fingerprint density at radius 3 is 2.65 bits per heavy atom. The van der Waals surface area contributed by atoms with E-state index in [1.54, 1.807) is 14.2 Å². The maximum atomic E-state index is 6.15. The van der Waals surface area contributed by atoms with Gasteiger partial charge in [-0.05, 0) is 30.0 Å². The number of rotatable bonds is 6. The van der Waals surface area contributed by atoms with Gasteiger partial charge in [0.2, 0.25) is 0 Å². The molecule has 1 aromatic rings. The van der Waals surface area contributed by atoms with E-state index in [2.05, 4.69) is 6.92 Å². The maximum absolute atomic E-state index is 6.15. The highest BCUT2D eigenvalue weighted by Crippen LogP contribution is 2.29. The average molecular weight is 258 g/mol. The molecular formula is C13H20ClNO2. The van der Waals surface area contributed by atoms with Crippen molar-refractivity contribution in [3.05, 3.63) is 28.8 Å². The fourth-order valence-electron chi connectivity index (χ4n) is 1.83. The molecule has 0 spiro atoms. The molecule has 1 rings (SSSR count). The SMILES string of the molecule is COCC(C)CC(N)c1ccc(Cl)c(OC)c1. The van der Waals surface area contributed by atoms with E-state index in [4.69, 9.17) is 26.8 Å². The lowest BCUT2D eigenvalue weighted by Crippen LogP contribution is -2.16. The average Bonchev–Trinajstić information content (AvgIpc) is 2.29. The van der Waals surface area contributed by atoms with E-state index in [0.717, 1.165) is 18.6 Å². The summed E-state index contributed by atoms with van der Waals surface area (Å²) in [6.45, 7) is 2.84. The third kappa shape index (κ3) is 4.19. The molecule has 0 radical (unpaired) electrons. The van der Waals surface area contributed by atoms with E-state index in [9.17, 15) is 0 Å². The smallest absolute Gasteiger partial charge is 0.137 e. The Hall–Kier alpha value is -0.770. The summed E-state index contributed by atoms with van der Waals surface area (Å²) in [5.41, 5.74) is 7.18. The van der Waals surface area contributed by atoms with Crippen LogP contribution >= 0.6 is 11.6 Å². The van der Waals surface area contributed by atoms with Crippen molar-refractivity contribution in [2.75, 3.05) is 20.8 Å². The number of hydrogen-bond acceptors (Lipinski definition) is 3. The van der Waals surface area contributed by atoms with Crippen LogP contribution in [0.1, 0.15) is 24.9 Å². The van der Waals surface area contributed by atoms with E-state index in [0.29, 0.717) is 16.7 Å². The van der Waals surface area contributed by atoms with Crippen LogP contribution in [0.25, 0.3) is 0 Å². The number of hydrogen-bond donors (Lipinski definition) is 1. The van der Waals surface area contributed by atoms with Crippen molar-refractivity contribution in [2.24, 2.45) is 11.7 Å². The Labute approximate surface area is 108 Å². The van der Waals surface area contributed by atoms with Gasteiger partial charge in [-0.25, -0.2) is 0 Å². The van der Waals surface area contributed by atoms with Gasteiger partial charge in [0.15, 0.2) is 0 Å².